The molecule has 182 valence electrons. The summed E-state index contributed by atoms with van der Waals surface area (Å²) in [4.78, 5) is 27.5. The number of rotatable bonds is 7. The lowest BCUT2D eigenvalue weighted by molar-refractivity contribution is -0.121. The van der Waals surface area contributed by atoms with Gasteiger partial charge in [0.2, 0.25) is 5.91 Å². The molecule has 1 heterocycles. The number of amides is 3. The summed E-state index contributed by atoms with van der Waals surface area (Å²) in [5.74, 6) is 1.05. The lowest BCUT2D eigenvalue weighted by Crippen LogP contribution is -2.43. The van der Waals surface area contributed by atoms with Crippen molar-refractivity contribution in [3.63, 3.8) is 0 Å². The Balaban J connectivity index is 1.32. The lowest BCUT2D eigenvalue weighted by Gasteiger charge is -2.31. The molecule has 3 amide bonds. The number of urea groups is 1. The first kappa shape index (κ1) is 24.1. The van der Waals surface area contributed by atoms with Gasteiger partial charge in [-0.1, -0.05) is 48.5 Å². The number of ether oxygens (including phenoxy) is 2. The van der Waals surface area contributed by atoms with Crippen molar-refractivity contribution in [2.75, 3.05) is 30.8 Å². The molecule has 1 saturated heterocycles. The van der Waals surface area contributed by atoms with Gasteiger partial charge in [-0.25, -0.2) is 4.79 Å². The molecule has 0 bridgehead atoms. The zero-order chi connectivity index (χ0) is 24.6. The molecular weight excluding hydrogens is 442 g/mol. The van der Waals surface area contributed by atoms with Crippen LogP contribution in [0.5, 0.6) is 11.5 Å². The SMILES string of the molecule is COc1ccccc1NC(=O)C1CCN(C(=O)Nc2ccc(C)cc2OCc2ccccc2)CC1. The number of aryl methyl sites for hydroxylation is 1. The van der Waals surface area contributed by atoms with Gasteiger partial charge < -0.3 is 25.0 Å². The standard InChI is InChI=1S/C28H31N3O4/c1-20-12-13-24(26(18-20)35-19-21-8-4-3-5-9-21)30-28(33)31-16-14-22(15-17-31)27(32)29-23-10-6-7-11-25(23)34-2/h3-13,18,22H,14-17,19H2,1-2H3,(H,29,32)(H,30,33). The van der Waals surface area contributed by atoms with Crippen molar-refractivity contribution in [1.82, 2.24) is 4.90 Å². The Labute approximate surface area is 206 Å². The van der Waals surface area contributed by atoms with Crippen LogP contribution in [0.25, 0.3) is 0 Å². The number of para-hydroxylation sites is 2. The maximum absolute atomic E-state index is 13.0. The Kier molecular flexibility index (Phi) is 7.88. The van der Waals surface area contributed by atoms with Gasteiger partial charge >= 0.3 is 6.03 Å². The summed E-state index contributed by atoms with van der Waals surface area (Å²) in [5, 5.41) is 5.94. The van der Waals surface area contributed by atoms with Crippen molar-refractivity contribution < 1.29 is 19.1 Å². The van der Waals surface area contributed by atoms with Crippen LogP contribution >= 0.6 is 0 Å². The topological polar surface area (TPSA) is 79.9 Å². The van der Waals surface area contributed by atoms with Gasteiger partial charge in [-0.2, -0.15) is 0 Å². The number of nitrogens with one attached hydrogen (secondary N) is 2. The second-order valence-corrected chi connectivity index (χ2v) is 8.65. The van der Waals surface area contributed by atoms with Gasteiger partial charge in [-0.3, -0.25) is 4.79 Å². The highest BCUT2D eigenvalue weighted by atomic mass is 16.5. The summed E-state index contributed by atoms with van der Waals surface area (Å²) >= 11 is 0. The summed E-state index contributed by atoms with van der Waals surface area (Å²) < 4.78 is 11.3. The van der Waals surface area contributed by atoms with Gasteiger partial charge in [-0.15, -0.1) is 0 Å². The molecular formula is C28H31N3O4. The Morgan fingerprint density at radius 1 is 0.886 bits per heavy atom. The van der Waals surface area contributed by atoms with Crippen LogP contribution in [-0.4, -0.2) is 37.0 Å². The van der Waals surface area contributed by atoms with E-state index >= 15 is 0 Å². The maximum Gasteiger partial charge on any atom is 0.321 e. The molecule has 1 fully saturated rings. The molecule has 7 nitrogen and oxygen atoms in total. The van der Waals surface area contributed by atoms with E-state index in [0.717, 1.165) is 11.1 Å². The van der Waals surface area contributed by atoms with Crippen LogP contribution in [0.2, 0.25) is 0 Å². The smallest absolute Gasteiger partial charge is 0.321 e. The average molecular weight is 474 g/mol. The van der Waals surface area contributed by atoms with Crippen molar-refractivity contribution in [3.05, 3.63) is 83.9 Å². The lowest BCUT2D eigenvalue weighted by atomic mass is 9.96. The van der Waals surface area contributed by atoms with Crippen LogP contribution in [0.4, 0.5) is 16.2 Å². The number of hydrogen-bond donors (Lipinski definition) is 2. The van der Waals surface area contributed by atoms with Crippen molar-refractivity contribution in [3.8, 4) is 11.5 Å². The zero-order valence-corrected chi connectivity index (χ0v) is 20.1. The van der Waals surface area contributed by atoms with Crippen molar-refractivity contribution in [1.29, 1.82) is 0 Å². The van der Waals surface area contributed by atoms with Crippen molar-refractivity contribution >= 4 is 23.3 Å². The van der Waals surface area contributed by atoms with E-state index < -0.39 is 0 Å². The third-order valence-corrected chi connectivity index (χ3v) is 6.13. The Bertz CT molecular complexity index is 1160. The first-order valence-electron chi connectivity index (χ1n) is 11.8. The summed E-state index contributed by atoms with van der Waals surface area (Å²) in [6, 6.07) is 22.8. The average Bonchev–Trinajstić information content (AvgIpc) is 2.89. The van der Waals surface area contributed by atoms with Crippen LogP contribution in [0.3, 0.4) is 0 Å². The quantitative estimate of drug-likeness (QED) is 0.477. The summed E-state index contributed by atoms with van der Waals surface area (Å²) in [5.41, 5.74) is 3.39. The largest absolute Gasteiger partial charge is 0.495 e. The number of piperidine rings is 1. The first-order chi connectivity index (χ1) is 17.0. The number of methoxy groups -OCH3 is 1. The Morgan fingerprint density at radius 3 is 2.31 bits per heavy atom. The number of likely N-dealkylation sites (tertiary alicyclic amines) is 1. The molecule has 1 aliphatic heterocycles. The molecule has 3 aromatic rings. The predicted octanol–water partition coefficient (Wildman–Crippen LogP) is 5.47. The second kappa shape index (κ2) is 11.4. The molecule has 0 saturated carbocycles. The van der Waals surface area contributed by atoms with Gasteiger partial charge in [0, 0.05) is 19.0 Å². The van der Waals surface area contributed by atoms with Gasteiger partial charge in [0.1, 0.15) is 18.1 Å². The fraction of sp³-hybridized carbons (Fsp3) is 0.286. The Hall–Kier alpha value is -4.00. The molecule has 35 heavy (non-hydrogen) atoms. The molecule has 3 aromatic carbocycles. The van der Waals surface area contributed by atoms with Crippen LogP contribution < -0.4 is 20.1 Å². The van der Waals surface area contributed by atoms with Crippen molar-refractivity contribution in [2.24, 2.45) is 5.92 Å². The van der Waals surface area contributed by atoms with E-state index in [4.69, 9.17) is 9.47 Å². The second-order valence-electron chi connectivity index (χ2n) is 8.65. The molecule has 4 rings (SSSR count). The monoisotopic (exact) mass is 473 g/mol. The van der Waals surface area contributed by atoms with E-state index in [1.54, 1.807) is 12.0 Å². The number of carbonyl (C=O) groups excluding carboxylic acids is 2. The molecule has 0 spiro atoms. The molecule has 0 aliphatic carbocycles. The van der Waals surface area contributed by atoms with Crippen molar-refractivity contribution in [2.45, 2.75) is 26.4 Å². The summed E-state index contributed by atoms with van der Waals surface area (Å²) in [6.07, 6.45) is 1.19. The Morgan fingerprint density at radius 2 is 1.57 bits per heavy atom. The number of benzene rings is 3. The number of nitrogens with zero attached hydrogens (tertiary/aromatic N) is 1. The zero-order valence-electron chi connectivity index (χ0n) is 20.1. The van der Waals surface area contributed by atoms with E-state index in [1.807, 2.05) is 79.7 Å². The van der Waals surface area contributed by atoms with E-state index in [0.29, 0.717) is 55.4 Å². The van der Waals surface area contributed by atoms with E-state index in [2.05, 4.69) is 10.6 Å². The minimum Gasteiger partial charge on any atom is -0.495 e. The molecule has 2 N–H and O–H groups in total. The van der Waals surface area contributed by atoms with Crippen LogP contribution in [0.1, 0.15) is 24.0 Å². The van der Waals surface area contributed by atoms with Gasteiger partial charge in [0.25, 0.3) is 0 Å². The number of anilines is 2. The third kappa shape index (κ3) is 6.32. The minimum absolute atomic E-state index is 0.0512. The predicted molar refractivity (Wildman–Crippen MR) is 137 cm³/mol. The number of carbonyl (C=O) groups is 2. The molecule has 1 aliphatic rings. The van der Waals surface area contributed by atoms with Gasteiger partial charge in [-0.05, 0) is 55.2 Å². The van der Waals surface area contributed by atoms with Crippen LogP contribution in [0.15, 0.2) is 72.8 Å². The minimum atomic E-state index is -0.193. The maximum atomic E-state index is 13.0. The van der Waals surface area contributed by atoms with Gasteiger partial charge in [0.05, 0.1) is 18.5 Å². The molecule has 7 heteroatoms. The normalized spacial score (nSPS) is 13.7. The fourth-order valence-electron chi connectivity index (χ4n) is 4.11. The van der Waals surface area contributed by atoms with Crippen LogP contribution in [0, 0.1) is 12.8 Å². The number of hydrogen-bond acceptors (Lipinski definition) is 4. The highest BCUT2D eigenvalue weighted by Crippen LogP contribution is 2.29. The summed E-state index contributed by atoms with van der Waals surface area (Å²) in [6.45, 7) is 3.41. The molecule has 0 radical (unpaired) electrons. The fourth-order valence-corrected chi connectivity index (χ4v) is 4.11. The first-order valence-corrected chi connectivity index (χ1v) is 11.8. The third-order valence-electron chi connectivity index (χ3n) is 6.13. The van der Waals surface area contributed by atoms with Crippen LogP contribution in [-0.2, 0) is 11.4 Å². The van der Waals surface area contributed by atoms with E-state index in [1.165, 1.54) is 0 Å². The molecule has 0 unspecified atom stereocenters. The van der Waals surface area contributed by atoms with E-state index in [-0.39, 0.29) is 17.9 Å². The molecule has 0 aromatic heterocycles. The van der Waals surface area contributed by atoms with E-state index in [9.17, 15) is 9.59 Å². The summed E-state index contributed by atoms with van der Waals surface area (Å²) in [7, 11) is 1.58. The molecule has 0 atom stereocenters. The van der Waals surface area contributed by atoms with Gasteiger partial charge in [0.15, 0.2) is 0 Å². The highest BCUT2D eigenvalue weighted by Gasteiger charge is 2.28. The highest BCUT2D eigenvalue weighted by molar-refractivity contribution is 5.94.